The van der Waals surface area contributed by atoms with Gasteiger partial charge in [-0.25, -0.2) is 4.39 Å². The molecule has 0 bridgehead atoms. The molecule has 37 heavy (non-hydrogen) atoms. The molecule has 7 rings (SSSR count). The van der Waals surface area contributed by atoms with E-state index >= 15 is 4.39 Å². The SMILES string of the molecule is O=C1c2ccc(OC[C@@H]3CCCO3)cc2CCN1c1ccc(N2CCC(C3CC4CCC4C3)C2)c(F)c1. The Balaban J connectivity index is 1.01. The normalized spacial score (nSPS) is 30.8. The summed E-state index contributed by atoms with van der Waals surface area (Å²) in [5.41, 5.74) is 2.99. The Bertz CT molecular complexity index is 1170. The quantitative estimate of drug-likeness (QED) is 0.495. The number of carbonyl (C=O) groups is 1. The number of hydrogen-bond donors (Lipinski definition) is 0. The minimum atomic E-state index is -0.221. The van der Waals surface area contributed by atoms with E-state index in [9.17, 15) is 4.79 Å². The monoisotopic (exact) mass is 504 g/mol. The number of anilines is 2. The van der Waals surface area contributed by atoms with Gasteiger partial charge in [-0.3, -0.25) is 4.79 Å². The number of nitrogens with zero attached hydrogens (tertiary/aromatic N) is 2. The number of ether oxygens (including phenoxy) is 2. The molecule has 3 aliphatic heterocycles. The predicted octanol–water partition coefficient (Wildman–Crippen LogP) is 5.85. The standard InChI is InChI=1S/C31H37FN2O3/c32-29-17-25(5-8-30(29)33-11-9-23(18-33)24-14-20-3-4-21(20)15-24)34-12-10-22-16-26(6-7-28(22)31(34)35)37-19-27-2-1-13-36-27/h5-8,16-17,20-21,23-24,27H,1-4,9-15,18-19H2/t20?,21?,23?,24?,27-/m0/s1. The summed E-state index contributed by atoms with van der Waals surface area (Å²) >= 11 is 0. The second-order valence-electron chi connectivity index (χ2n) is 11.9. The van der Waals surface area contributed by atoms with E-state index in [2.05, 4.69) is 4.90 Å². The molecule has 0 spiro atoms. The van der Waals surface area contributed by atoms with Crippen LogP contribution in [0, 0.1) is 29.5 Å². The van der Waals surface area contributed by atoms with Crippen molar-refractivity contribution in [2.24, 2.45) is 23.7 Å². The van der Waals surface area contributed by atoms with Crippen LogP contribution in [-0.4, -0.2) is 44.9 Å². The molecule has 3 heterocycles. The molecule has 2 saturated heterocycles. The lowest BCUT2D eigenvalue weighted by molar-refractivity contribution is 0.0679. The van der Waals surface area contributed by atoms with Crippen molar-refractivity contribution in [2.75, 3.05) is 42.6 Å². The molecule has 0 aromatic heterocycles. The van der Waals surface area contributed by atoms with Crippen molar-refractivity contribution in [1.29, 1.82) is 0 Å². The molecule has 196 valence electrons. The van der Waals surface area contributed by atoms with Crippen LogP contribution < -0.4 is 14.5 Å². The van der Waals surface area contributed by atoms with Crippen molar-refractivity contribution in [3.05, 3.63) is 53.3 Å². The highest BCUT2D eigenvalue weighted by atomic mass is 19.1. The Labute approximate surface area is 218 Å². The minimum Gasteiger partial charge on any atom is -0.491 e. The average molecular weight is 505 g/mol. The Kier molecular flexibility index (Phi) is 6.11. The summed E-state index contributed by atoms with van der Waals surface area (Å²) in [6.07, 6.45) is 9.82. The molecule has 2 aliphatic carbocycles. The second-order valence-corrected chi connectivity index (χ2v) is 11.9. The summed E-state index contributed by atoms with van der Waals surface area (Å²) in [5, 5.41) is 0. The van der Waals surface area contributed by atoms with Crippen molar-refractivity contribution < 1.29 is 18.7 Å². The third-order valence-electron chi connectivity index (χ3n) is 9.88. The van der Waals surface area contributed by atoms with Gasteiger partial charge >= 0.3 is 0 Å². The maximum atomic E-state index is 15.4. The van der Waals surface area contributed by atoms with Gasteiger partial charge in [-0.1, -0.05) is 0 Å². The number of amides is 1. The molecule has 6 heteroatoms. The summed E-state index contributed by atoms with van der Waals surface area (Å²) in [6.45, 7) is 3.79. The maximum absolute atomic E-state index is 15.4. The lowest BCUT2D eigenvalue weighted by atomic mass is 9.77. The van der Waals surface area contributed by atoms with Gasteiger partial charge in [0, 0.05) is 37.5 Å². The van der Waals surface area contributed by atoms with Crippen LogP contribution in [0.2, 0.25) is 0 Å². The molecule has 3 unspecified atom stereocenters. The number of fused-ring (bicyclic) bond motifs is 2. The molecule has 0 radical (unpaired) electrons. The van der Waals surface area contributed by atoms with Gasteiger partial charge in [0.05, 0.1) is 11.8 Å². The first-order valence-corrected chi connectivity index (χ1v) is 14.4. The van der Waals surface area contributed by atoms with E-state index < -0.39 is 0 Å². The average Bonchev–Trinajstić information content (AvgIpc) is 3.64. The Hall–Kier alpha value is -2.60. The van der Waals surface area contributed by atoms with E-state index in [1.54, 1.807) is 11.0 Å². The summed E-state index contributed by atoms with van der Waals surface area (Å²) in [6, 6.07) is 11.0. The molecule has 5 nitrogen and oxygen atoms in total. The van der Waals surface area contributed by atoms with Gasteiger partial charge in [0.25, 0.3) is 5.91 Å². The first kappa shape index (κ1) is 23.5. The lowest BCUT2D eigenvalue weighted by Crippen LogP contribution is -2.37. The molecule has 2 aromatic carbocycles. The van der Waals surface area contributed by atoms with Crippen LogP contribution in [-0.2, 0) is 11.2 Å². The van der Waals surface area contributed by atoms with E-state index in [0.29, 0.717) is 36.0 Å². The van der Waals surface area contributed by atoms with Gasteiger partial charge in [-0.15, -0.1) is 0 Å². The van der Waals surface area contributed by atoms with Crippen LogP contribution in [0.1, 0.15) is 60.9 Å². The van der Waals surface area contributed by atoms with E-state index in [1.165, 1.54) is 32.1 Å². The molecule has 2 aromatic rings. The van der Waals surface area contributed by atoms with Crippen LogP contribution in [0.5, 0.6) is 5.75 Å². The van der Waals surface area contributed by atoms with Crippen LogP contribution in [0.3, 0.4) is 0 Å². The fourth-order valence-corrected chi connectivity index (χ4v) is 7.59. The third kappa shape index (κ3) is 4.41. The Morgan fingerprint density at radius 3 is 2.57 bits per heavy atom. The largest absolute Gasteiger partial charge is 0.491 e. The van der Waals surface area contributed by atoms with Gasteiger partial charge in [-0.2, -0.15) is 0 Å². The number of carbonyl (C=O) groups excluding carboxylic acids is 1. The van der Waals surface area contributed by atoms with Gasteiger partial charge in [0.15, 0.2) is 0 Å². The molecule has 2 saturated carbocycles. The summed E-state index contributed by atoms with van der Waals surface area (Å²) in [7, 11) is 0. The van der Waals surface area contributed by atoms with Crippen molar-refractivity contribution in [1.82, 2.24) is 0 Å². The van der Waals surface area contributed by atoms with Crippen LogP contribution in [0.15, 0.2) is 36.4 Å². The fourth-order valence-electron chi connectivity index (χ4n) is 7.59. The zero-order chi connectivity index (χ0) is 24.9. The van der Waals surface area contributed by atoms with Gasteiger partial charge in [-0.05, 0) is 117 Å². The number of benzene rings is 2. The highest BCUT2D eigenvalue weighted by Gasteiger charge is 2.44. The number of hydrogen-bond acceptors (Lipinski definition) is 4. The Morgan fingerprint density at radius 2 is 1.81 bits per heavy atom. The van der Waals surface area contributed by atoms with Crippen molar-refractivity contribution in [3.8, 4) is 5.75 Å². The fraction of sp³-hybridized carbons (Fsp3) is 0.581. The zero-order valence-corrected chi connectivity index (χ0v) is 21.5. The lowest BCUT2D eigenvalue weighted by Gasteiger charge is -2.30. The zero-order valence-electron chi connectivity index (χ0n) is 21.5. The molecule has 0 N–H and O–H groups in total. The molecule has 1 amide bonds. The highest BCUT2D eigenvalue weighted by molar-refractivity contribution is 6.08. The molecule has 4 fully saturated rings. The van der Waals surface area contributed by atoms with E-state index in [1.807, 2.05) is 30.3 Å². The predicted molar refractivity (Wildman–Crippen MR) is 142 cm³/mol. The number of rotatable bonds is 6. The van der Waals surface area contributed by atoms with E-state index in [0.717, 1.165) is 68.0 Å². The highest BCUT2D eigenvalue weighted by Crippen LogP contribution is 2.53. The van der Waals surface area contributed by atoms with Gasteiger partial charge in [0.2, 0.25) is 0 Å². The topological polar surface area (TPSA) is 42.0 Å². The Morgan fingerprint density at radius 1 is 0.946 bits per heavy atom. The maximum Gasteiger partial charge on any atom is 0.258 e. The smallest absolute Gasteiger partial charge is 0.258 e. The first-order valence-electron chi connectivity index (χ1n) is 14.4. The van der Waals surface area contributed by atoms with Crippen molar-refractivity contribution >= 4 is 17.3 Å². The van der Waals surface area contributed by atoms with E-state index in [4.69, 9.17) is 9.47 Å². The van der Waals surface area contributed by atoms with Crippen LogP contribution in [0.25, 0.3) is 0 Å². The van der Waals surface area contributed by atoms with Crippen molar-refractivity contribution in [2.45, 2.75) is 57.5 Å². The molecule has 4 atom stereocenters. The van der Waals surface area contributed by atoms with Gasteiger partial charge in [0.1, 0.15) is 18.2 Å². The molecular formula is C31H37FN2O3. The summed E-state index contributed by atoms with van der Waals surface area (Å²) in [4.78, 5) is 17.3. The molecule has 5 aliphatic rings. The van der Waals surface area contributed by atoms with Crippen molar-refractivity contribution in [3.63, 3.8) is 0 Å². The summed E-state index contributed by atoms with van der Waals surface area (Å²) < 4.78 is 26.9. The summed E-state index contributed by atoms with van der Waals surface area (Å²) in [5.74, 6) is 3.97. The van der Waals surface area contributed by atoms with Gasteiger partial charge < -0.3 is 19.3 Å². The van der Waals surface area contributed by atoms with Crippen LogP contribution in [0.4, 0.5) is 15.8 Å². The number of halogens is 1. The third-order valence-corrected chi connectivity index (χ3v) is 9.88. The van der Waals surface area contributed by atoms with E-state index in [-0.39, 0.29) is 17.8 Å². The first-order chi connectivity index (χ1) is 18.1. The second kappa shape index (κ2) is 9.61. The van der Waals surface area contributed by atoms with Crippen LogP contribution >= 0.6 is 0 Å². The minimum absolute atomic E-state index is 0.0730. The molecular weight excluding hydrogens is 467 g/mol.